The lowest BCUT2D eigenvalue weighted by Crippen LogP contribution is -2.08. The van der Waals surface area contributed by atoms with Gasteiger partial charge < -0.3 is 0 Å². The SMILES string of the molecule is N#Cc1cc(Sc2nnnn2C2CCCC2)ccn1. The third kappa shape index (κ3) is 2.58. The first-order chi connectivity index (χ1) is 9.36. The van der Waals surface area contributed by atoms with Gasteiger partial charge in [-0.05, 0) is 47.2 Å². The molecule has 7 heteroatoms. The minimum Gasteiger partial charge on any atom is -0.245 e. The normalized spacial score (nSPS) is 15.5. The molecular weight excluding hydrogens is 260 g/mol. The van der Waals surface area contributed by atoms with Crippen LogP contribution in [-0.2, 0) is 0 Å². The van der Waals surface area contributed by atoms with Crippen LogP contribution in [0.2, 0.25) is 0 Å². The summed E-state index contributed by atoms with van der Waals surface area (Å²) in [6.45, 7) is 0. The first-order valence-electron chi connectivity index (χ1n) is 6.18. The monoisotopic (exact) mass is 272 g/mol. The van der Waals surface area contributed by atoms with Gasteiger partial charge in [-0.3, -0.25) is 0 Å². The molecule has 0 N–H and O–H groups in total. The van der Waals surface area contributed by atoms with Crippen LogP contribution < -0.4 is 0 Å². The lowest BCUT2D eigenvalue weighted by molar-refractivity contribution is 0.423. The van der Waals surface area contributed by atoms with E-state index in [9.17, 15) is 0 Å². The second-order valence-electron chi connectivity index (χ2n) is 4.43. The van der Waals surface area contributed by atoms with E-state index in [0.717, 1.165) is 22.9 Å². The van der Waals surface area contributed by atoms with Crippen molar-refractivity contribution in [1.82, 2.24) is 25.2 Å². The summed E-state index contributed by atoms with van der Waals surface area (Å²) >= 11 is 1.47. The Kier molecular flexibility index (Phi) is 3.42. The fourth-order valence-corrected chi connectivity index (χ4v) is 3.14. The first kappa shape index (κ1) is 12.1. The molecule has 0 aromatic carbocycles. The Balaban J connectivity index is 1.83. The number of pyridine rings is 1. The van der Waals surface area contributed by atoms with Gasteiger partial charge in [0.25, 0.3) is 0 Å². The summed E-state index contributed by atoms with van der Waals surface area (Å²) in [6, 6.07) is 6.05. The van der Waals surface area contributed by atoms with Gasteiger partial charge >= 0.3 is 0 Å². The quantitative estimate of drug-likeness (QED) is 0.852. The maximum absolute atomic E-state index is 8.85. The van der Waals surface area contributed by atoms with E-state index in [0.29, 0.717) is 11.7 Å². The fourth-order valence-electron chi connectivity index (χ4n) is 2.27. The Labute approximate surface area is 114 Å². The number of aromatic nitrogens is 5. The second-order valence-corrected chi connectivity index (χ2v) is 5.48. The largest absolute Gasteiger partial charge is 0.245 e. The van der Waals surface area contributed by atoms with Gasteiger partial charge in [0.1, 0.15) is 11.8 Å². The van der Waals surface area contributed by atoms with E-state index in [1.807, 2.05) is 16.8 Å². The standard InChI is InChI=1S/C12H12N6S/c13-8-9-7-11(5-6-14-9)19-12-15-16-17-18(12)10-3-1-2-4-10/h5-7,10H,1-4H2. The molecule has 0 radical (unpaired) electrons. The Bertz CT molecular complexity index is 611. The number of hydrogen-bond donors (Lipinski definition) is 0. The zero-order chi connectivity index (χ0) is 13.1. The molecule has 1 aliphatic carbocycles. The van der Waals surface area contributed by atoms with Crippen molar-refractivity contribution < 1.29 is 0 Å². The zero-order valence-corrected chi connectivity index (χ0v) is 11.0. The van der Waals surface area contributed by atoms with Crippen molar-refractivity contribution in [2.75, 3.05) is 0 Å². The van der Waals surface area contributed by atoms with Gasteiger partial charge in [-0.15, -0.1) is 5.10 Å². The molecule has 2 aromatic heterocycles. The highest BCUT2D eigenvalue weighted by molar-refractivity contribution is 7.99. The molecule has 1 saturated carbocycles. The number of hydrogen-bond acceptors (Lipinski definition) is 6. The van der Waals surface area contributed by atoms with E-state index in [-0.39, 0.29) is 0 Å². The second kappa shape index (κ2) is 5.36. The maximum Gasteiger partial charge on any atom is 0.214 e. The molecule has 96 valence electrons. The van der Waals surface area contributed by atoms with Crippen LogP contribution in [0, 0.1) is 11.3 Å². The van der Waals surface area contributed by atoms with Crippen molar-refractivity contribution in [1.29, 1.82) is 5.26 Å². The first-order valence-corrected chi connectivity index (χ1v) is 7.00. The van der Waals surface area contributed by atoms with Gasteiger partial charge in [-0.1, -0.05) is 12.8 Å². The average Bonchev–Trinajstić information content (AvgIpc) is 3.09. The molecule has 0 unspecified atom stereocenters. The molecule has 0 aliphatic heterocycles. The van der Waals surface area contributed by atoms with E-state index in [1.54, 1.807) is 12.3 Å². The zero-order valence-electron chi connectivity index (χ0n) is 10.2. The predicted octanol–water partition coefficient (Wildman–Crippen LogP) is 2.21. The lowest BCUT2D eigenvalue weighted by Gasteiger charge is -2.10. The molecule has 2 heterocycles. The van der Waals surface area contributed by atoms with E-state index >= 15 is 0 Å². The molecule has 1 aliphatic rings. The highest BCUT2D eigenvalue weighted by Gasteiger charge is 2.21. The molecule has 2 aromatic rings. The van der Waals surface area contributed by atoms with Crippen molar-refractivity contribution in [2.45, 2.75) is 41.8 Å². The van der Waals surface area contributed by atoms with E-state index in [2.05, 4.69) is 20.5 Å². The summed E-state index contributed by atoms with van der Waals surface area (Å²) < 4.78 is 1.91. The van der Waals surface area contributed by atoms with E-state index in [4.69, 9.17) is 5.26 Å². The Hall–Kier alpha value is -1.94. The topological polar surface area (TPSA) is 80.3 Å². The van der Waals surface area contributed by atoms with Crippen LogP contribution in [0.1, 0.15) is 37.4 Å². The summed E-state index contributed by atoms with van der Waals surface area (Å²) in [6.07, 6.45) is 6.38. The third-order valence-corrected chi connectivity index (χ3v) is 4.13. The molecule has 1 fully saturated rings. The molecule has 0 saturated heterocycles. The van der Waals surface area contributed by atoms with Crippen LogP contribution in [0.3, 0.4) is 0 Å². The molecule has 19 heavy (non-hydrogen) atoms. The average molecular weight is 272 g/mol. The molecule has 3 rings (SSSR count). The van der Waals surface area contributed by atoms with Crippen molar-refractivity contribution in [3.05, 3.63) is 24.0 Å². The van der Waals surface area contributed by atoms with Gasteiger partial charge in [0.15, 0.2) is 0 Å². The lowest BCUT2D eigenvalue weighted by atomic mass is 10.3. The fraction of sp³-hybridized carbons (Fsp3) is 0.417. The van der Waals surface area contributed by atoms with Gasteiger partial charge in [-0.25, -0.2) is 9.67 Å². The molecule has 0 amide bonds. The Morgan fingerprint density at radius 3 is 3.00 bits per heavy atom. The molecule has 0 atom stereocenters. The molecular formula is C12H12N6S. The highest BCUT2D eigenvalue weighted by Crippen LogP contribution is 2.33. The summed E-state index contributed by atoms with van der Waals surface area (Å²) in [4.78, 5) is 4.89. The summed E-state index contributed by atoms with van der Waals surface area (Å²) in [7, 11) is 0. The van der Waals surface area contributed by atoms with Crippen LogP contribution in [0.5, 0.6) is 0 Å². The Morgan fingerprint density at radius 2 is 2.21 bits per heavy atom. The van der Waals surface area contributed by atoms with Crippen LogP contribution in [-0.4, -0.2) is 25.2 Å². The van der Waals surface area contributed by atoms with Crippen molar-refractivity contribution in [3.8, 4) is 6.07 Å². The molecule has 0 spiro atoms. The number of nitrogens with zero attached hydrogens (tertiary/aromatic N) is 6. The summed E-state index contributed by atoms with van der Waals surface area (Å²) in [5.74, 6) is 0. The van der Waals surface area contributed by atoms with Crippen LogP contribution in [0.4, 0.5) is 0 Å². The van der Waals surface area contributed by atoms with E-state index in [1.165, 1.54) is 24.6 Å². The molecule has 0 bridgehead atoms. The van der Waals surface area contributed by atoms with Gasteiger partial charge in [0.05, 0.1) is 6.04 Å². The number of nitriles is 1. The third-order valence-electron chi connectivity index (χ3n) is 3.19. The van der Waals surface area contributed by atoms with Crippen molar-refractivity contribution >= 4 is 11.8 Å². The maximum atomic E-state index is 8.85. The molecule has 6 nitrogen and oxygen atoms in total. The summed E-state index contributed by atoms with van der Waals surface area (Å²) in [5.41, 5.74) is 0.407. The Morgan fingerprint density at radius 1 is 1.37 bits per heavy atom. The van der Waals surface area contributed by atoms with E-state index < -0.39 is 0 Å². The van der Waals surface area contributed by atoms with Crippen LogP contribution >= 0.6 is 11.8 Å². The minimum atomic E-state index is 0.407. The van der Waals surface area contributed by atoms with Gasteiger partial charge in [0.2, 0.25) is 5.16 Å². The van der Waals surface area contributed by atoms with Crippen molar-refractivity contribution in [3.63, 3.8) is 0 Å². The smallest absolute Gasteiger partial charge is 0.214 e. The highest BCUT2D eigenvalue weighted by atomic mass is 32.2. The minimum absolute atomic E-state index is 0.407. The van der Waals surface area contributed by atoms with Crippen LogP contribution in [0.15, 0.2) is 28.4 Å². The number of tetrazole rings is 1. The number of rotatable bonds is 3. The van der Waals surface area contributed by atoms with Crippen LogP contribution in [0.25, 0.3) is 0 Å². The van der Waals surface area contributed by atoms with Crippen molar-refractivity contribution in [2.24, 2.45) is 0 Å². The van der Waals surface area contributed by atoms with Gasteiger partial charge in [0, 0.05) is 11.1 Å². The summed E-state index contributed by atoms with van der Waals surface area (Å²) in [5, 5.41) is 21.6. The van der Waals surface area contributed by atoms with Gasteiger partial charge in [-0.2, -0.15) is 5.26 Å². The predicted molar refractivity (Wildman–Crippen MR) is 68.4 cm³/mol.